The van der Waals surface area contributed by atoms with Crippen LogP contribution in [0.4, 0.5) is 0 Å². The SMILES string of the molecule is C[C@H]1CN(Cc2ccc3c(c2)=NCN=3)C[C@H]1NC(=O)c1cc(C2CC2)on1. The minimum atomic E-state index is -0.137. The van der Waals surface area contributed by atoms with E-state index in [9.17, 15) is 4.79 Å². The average Bonchev–Trinajstić information content (AvgIpc) is 3.05. The molecule has 2 aromatic rings. The van der Waals surface area contributed by atoms with Gasteiger partial charge in [0.05, 0.1) is 10.7 Å². The van der Waals surface area contributed by atoms with Crippen molar-refractivity contribution in [3.05, 3.63) is 52.0 Å². The van der Waals surface area contributed by atoms with Gasteiger partial charge in [0.15, 0.2) is 5.69 Å². The van der Waals surface area contributed by atoms with Gasteiger partial charge in [-0.2, -0.15) is 0 Å². The zero-order valence-electron chi connectivity index (χ0n) is 15.4. The highest BCUT2D eigenvalue weighted by molar-refractivity contribution is 5.92. The van der Waals surface area contributed by atoms with Gasteiger partial charge in [-0.15, -0.1) is 0 Å². The number of rotatable bonds is 5. The monoisotopic (exact) mass is 365 g/mol. The quantitative estimate of drug-likeness (QED) is 0.857. The molecule has 1 aromatic carbocycles. The number of nitrogens with one attached hydrogen (secondary N) is 1. The average molecular weight is 365 g/mol. The summed E-state index contributed by atoms with van der Waals surface area (Å²) in [5.74, 6) is 1.56. The fourth-order valence-electron chi connectivity index (χ4n) is 3.96. The first-order valence-electron chi connectivity index (χ1n) is 9.63. The van der Waals surface area contributed by atoms with E-state index in [-0.39, 0.29) is 11.9 Å². The molecule has 1 amide bonds. The number of benzene rings is 1. The Balaban J connectivity index is 1.21. The molecule has 1 N–H and O–H groups in total. The Bertz CT molecular complexity index is 994. The van der Waals surface area contributed by atoms with Crippen molar-refractivity contribution in [2.75, 3.05) is 19.8 Å². The van der Waals surface area contributed by atoms with Crippen molar-refractivity contribution in [2.24, 2.45) is 15.9 Å². The zero-order valence-corrected chi connectivity index (χ0v) is 15.4. The Morgan fingerprint density at radius 1 is 1.22 bits per heavy atom. The maximum Gasteiger partial charge on any atom is 0.273 e. The van der Waals surface area contributed by atoms with E-state index in [1.165, 1.54) is 5.56 Å². The summed E-state index contributed by atoms with van der Waals surface area (Å²) < 4.78 is 5.30. The summed E-state index contributed by atoms with van der Waals surface area (Å²) in [4.78, 5) is 23.6. The number of fused-ring (bicyclic) bond motifs is 1. The van der Waals surface area contributed by atoms with Crippen LogP contribution in [0.2, 0.25) is 0 Å². The third-order valence-corrected chi connectivity index (χ3v) is 5.67. The van der Waals surface area contributed by atoms with Gasteiger partial charge in [-0.25, -0.2) is 0 Å². The first kappa shape index (κ1) is 16.6. The van der Waals surface area contributed by atoms with Crippen LogP contribution < -0.4 is 16.0 Å². The number of aromatic nitrogens is 1. The lowest BCUT2D eigenvalue weighted by atomic mass is 10.1. The van der Waals surface area contributed by atoms with E-state index in [2.05, 4.69) is 44.4 Å². The predicted molar refractivity (Wildman–Crippen MR) is 97.8 cm³/mol. The van der Waals surface area contributed by atoms with Crippen molar-refractivity contribution >= 4 is 5.91 Å². The van der Waals surface area contributed by atoms with Crippen LogP contribution in [0.3, 0.4) is 0 Å². The number of carbonyl (C=O) groups excluding carboxylic acids is 1. The van der Waals surface area contributed by atoms with Crippen molar-refractivity contribution in [1.29, 1.82) is 0 Å². The largest absolute Gasteiger partial charge is 0.360 e. The molecular formula is C20H23N5O2. The highest BCUT2D eigenvalue weighted by Gasteiger charge is 2.33. The summed E-state index contributed by atoms with van der Waals surface area (Å²) in [7, 11) is 0. The van der Waals surface area contributed by atoms with Gasteiger partial charge in [-0.1, -0.05) is 18.1 Å². The van der Waals surface area contributed by atoms with Gasteiger partial charge < -0.3 is 9.84 Å². The Kier molecular flexibility index (Phi) is 4.04. The molecule has 5 rings (SSSR count). The van der Waals surface area contributed by atoms with Gasteiger partial charge in [-0.3, -0.25) is 19.7 Å². The molecule has 7 heteroatoms. The molecule has 140 valence electrons. The first-order chi connectivity index (χ1) is 13.2. The number of amides is 1. The van der Waals surface area contributed by atoms with Crippen LogP contribution >= 0.6 is 0 Å². The van der Waals surface area contributed by atoms with Crippen LogP contribution in [0, 0.1) is 5.92 Å². The smallest absolute Gasteiger partial charge is 0.273 e. The van der Waals surface area contributed by atoms with Gasteiger partial charge in [0.25, 0.3) is 5.91 Å². The Hall–Kier alpha value is -2.54. The lowest BCUT2D eigenvalue weighted by molar-refractivity contribution is 0.0922. The van der Waals surface area contributed by atoms with Crippen LogP contribution in [-0.4, -0.2) is 41.8 Å². The predicted octanol–water partition coefficient (Wildman–Crippen LogP) is 1.01. The molecule has 1 aliphatic carbocycles. The second-order valence-corrected chi connectivity index (χ2v) is 7.92. The lowest BCUT2D eigenvalue weighted by Gasteiger charge is -2.16. The summed E-state index contributed by atoms with van der Waals surface area (Å²) in [5, 5.41) is 9.05. The van der Waals surface area contributed by atoms with Crippen LogP contribution in [0.25, 0.3) is 0 Å². The highest BCUT2D eigenvalue weighted by Crippen LogP contribution is 2.40. The molecule has 27 heavy (non-hydrogen) atoms. The van der Waals surface area contributed by atoms with Crippen LogP contribution in [0.5, 0.6) is 0 Å². The number of nitrogens with zero attached hydrogens (tertiary/aromatic N) is 4. The summed E-state index contributed by atoms with van der Waals surface area (Å²) >= 11 is 0. The number of hydrogen-bond acceptors (Lipinski definition) is 6. The van der Waals surface area contributed by atoms with Crippen molar-refractivity contribution in [3.63, 3.8) is 0 Å². The summed E-state index contributed by atoms with van der Waals surface area (Å²) in [5.41, 5.74) is 1.63. The fraction of sp³-hybridized carbons (Fsp3) is 0.500. The van der Waals surface area contributed by atoms with Crippen LogP contribution in [-0.2, 0) is 6.54 Å². The molecule has 1 saturated carbocycles. The second kappa shape index (κ2) is 6.56. The van der Waals surface area contributed by atoms with E-state index >= 15 is 0 Å². The Morgan fingerprint density at radius 2 is 2.07 bits per heavy atom. The van der Waals surface area contributed by atoms with Crippen molar-refractivity contribution in [3.8, 4) is 0 Å². The maximum absolute atomic E-state index is 12.5. The number of hydrogen-bond donors (Lipinski definition) is 1. The van der Waals surface area contributed by atoms with E-state index in [0.29, 0.717) is 24.2 Å². The molecule has 7 nitrogen and oxygen atoms in total. The molecule has 3 aliphatic rings. The minimum Gasteiger partial charge on any atom is -0.360 e. The molecule has 2 atom stereocenters. The lowest BCUT2D eigenvalue weighted by Crippen LogP contribution is -2.40. The van der Waals surface area contributed by atoms with E-state index in [1.54, 1.807) is 6.07 Å². The maximum atomic E-state index is 12.5. The van der Waals surface area contributed by atoms with Crippen molar-refractivity contribution < 1.29 is 9.32 Å². The molecule has 3 heterocycles. The van der Waals surface area contributed by atoms with Crippen molar-refractivity contribution in [2.45, 2.75) is 38.3 Å². The molecule has 0 spiro atoms. The van der Waals surface area contributed by atoms with Crippen molar-refractivity contribution in [1.82, 2.24) is 15.4 Å². The Labute approximate surface area is 157 Å². The summed E-state index contributed by atoms with van der Waals surface area (Å²) in [6.07, 6.45) is 2.27. The summed E-state index contributed by atoms with van der Waals surface area (Å²) in [6, 6.07) is 8.20. The normalized spacial score (nSPS) is 24.3. The fourth-order valence-corrected chi connectivity index (χ4v) is 3.96. The van der Waals surface area contributed by atoms with E-state index < -0.39 is 0 Å². The molecule has 0 radical (unpaired) electrons. The molecule has 2 aliphatic heterocycles. The van der Waals surface area contributed by atoms with Gasteiger partial charge in [0.1, 0.15) is 12.4 Å². The minimum absolute atomic E-state index is 0.118. The summed E-state index contributed by atoms with van der Waals surface area (Å²) in [6.45, 7) is 5.36. The third-order valence-electron chi connectivity index (χ3n) is 5.67. The van der Waals surface area contributed by atoms with E-state index in [4.69, 9.17) is 4.52 Å². The molecule has 1 aromatic heterocycles. The number of carbonyl (C=O) groups is 1. The van der Waals surface area contributed by atoms with E-state index in [1.807, 2.05) is 6.07 Å². The molecule has 1 saturated heterocycles. The molecule has 2 fully saturated rings. The van der Waals surface area contributed by atoms with Crippen LogP contribution in [0.15, 0.2) is 38.8 Å². The van der Waals surface area contributed by atoms with Gasteiger partial charge >= 0.3 is 0 Å². The standard InChI is InChI=1S/C20H23N5O2/c1-12-8-25(9-13-2-5-15-16(6-13)22-11-21-15)10-18(12)23-20(26)17-7-19(27-24-17)14-3-4-14/h2,5-7,12,14,18H,3-4,8-11H2,1H3,(H,23,26)/t12-,18+/m0/s1. The van der Waals surface area contributed by atoms with Gasteiger partial charge in [-0.05, 0) is 36.5 Å². The van der Waals surface area contributed by atoms with Crippen LogP contribution in [0.1, 0.15) is 47.5 Å². The topological polar surface area (TPSA) is 83.1 Å². The van der Waals surface area contributed by atoms with Gasteiger partial charge in [0, 0.05) is 37.7 Å². The molecule has 0 unspecified atom stereocenters. The first-order valence-corrected chi connectivity index (χ1v) is 9.63. The highest BCUT2D eigenvalue weighted by atomic mass is 16.5. The van der Waals surface area contributed by atoms with E-state index in [0.717, 1.165) is 49.0 Å². The second-order valence-electron chi connectivity index (χ2n) is 7.92. The van der Waals surface area contributed by atoms with Gasteiger partial charge in [0.2, 0.25) is 0 Å². The number of likely N-dealkylation sites (tertiary alicyclic amines) is 1. The zero-order chi connectivity index (χ0) is 18.4. The Morgan fingerprint density at radius 3 is 2.93 bits per heavy atom. The third kappa shape index (κ3) is 3.39. The molecule has 0 bridgehead atoms. The molecular weight excluding hydrogens is 342 g/mol.